The minimum Gasteiger partial charge on any atom is -0.353 e. The van der Waals surface area contributed by atoms with E-state index in [1.54, 1.807) is 0 Å². The Morgan fingerprint density at radius 2 is 1.84 bits per heavy atom. The van der Waals surface area contributed by atoms with Crippen molar-refractivity contribution < 1.29 is 4.79 Å². The lowest BCUT2D eigenvalue weighted by Crippen LogP contribution is -2.52. The van der Waals surface area contributed by atoms with Gasteiger partial charge in [0.2, 0.25) is 0 Å². The van der Waals surface area contributed by atoms with Crippen molar-refractivity contribution in [1.29, 1.82) is 0 Å². The van der Waals surface area contributed by atoms with Crippen molar-refractivity contribution >= 4 is 11.8 Å². The van der Waals surface area contributed by atoms with Crippen LogP contribution in [-0.2, 0) is 6.42 Å². The van der Waals surface area contributed by atoms with Crippen molar-refractivity contribution in [3.63, 3.8) is 0 Å². The molecule has 1 saturated heterocycles. The van der Waals surface area contributed by atoms with Crippen LogP contribution in [-0.4, -0.2) is 42.1 Å². The maximum absolute atomic E-state index is 12.7. The number of piperazine rings is 1. The number of fused-ring (bicyclic) bond motifs is 1. The highest BCUT2D eigenvalue weighted by Gasteiger charge is 2.26. The molecule has 1 aliphatic heterocycles. The predicted octanol–water partition coefficient (Wildman–Crippen LogP) is 2.99. The zero-order chi connectivity index (χ0) is 17.1. The summed E-state index contributed by atoms with van der Waals surface area (Å²) in [4.78, 5) is 21.3. The monoisotopic (exact) mass is 336 g/mol. The summed E-state index contributed by atoms with van der Waals surface area (Å²) < 4.78 is 0. The zero-order valence-corrected chi connectivity index (χ0v) is 14.4. The van der Waals surface area contributed by atoms with Crippen LogP contribution in [0.1, 0.15) is 30.0 Å². The number of benzene rings is 1. The van der Waals surface area contributed by atoms with Crippen LogP contribution in [0.15, 0.2) is 48.7 Å². The molecule has 0 unspecified atom stereocenters. The van der Waals surface area contributed by atoms with E-state index in [0.29, 0.717) is 0 Å². The van der Waals surface area contributed by atoms with Crippen molar-refractivity contribution in [3.05, 3.63) is 59.8 Å². The quantitative estimate of drug-likeness (QED) is 0.917. The average Bonchev–Trinajstić information content (AvgIpc) is 2.69. The number of aromatic nitrogens is 1. The van der Waals surface area contributed by atoms with Gasteiger partial charge in [0.25, 0.3) is 0 Å². The van der Waals surface area contributed by atoms with E-state index in [4.69, 9.17) is 0 Å². The fourth-order valence-corrected chi connectivity index (χ4v) is 3.82. The number of carbonyl (C=O) groups is 1. The normalized spacial score (nSPS) is 20.1. The van der Waals surface area contributed by atoms with Crippen molar-refractivity contribution in [1.82, 2.24) is 15.2 Å². The van der Waals surface area contributed by atoms with E-state index >= 15 is 0 Å². The summed E-state index contributed by atoms with van der Waals surface area (Å²) in [5.74, 6) is 0.990. The lowest BCUT2D eigenvalue weighted by Gasteiger charge is -2.36. The van der Waals surface area contributed by atoms with Crippen LogP contribution < -0.4 is 10.2 Å². The smallest absolute Gasteiger partial charge is 0.318 e. The first-order valence-corrected chi connectivity index (χ1v) is 9.10. The van der Waals surface area contributed by atoms with E-state index < -0.39 is 0 Å². The number of anilines is 1. The second-order valence-electron chi connectivity index (χ2n) is 6.76. The molecule has 1 aromatic carbocycles. The first-order valence-electron chi connectivity index (χ1n) is 9.10. The summed E-state index contributed by atoms with van der Waals surface area (Å²) in [6.45, 7) is 3.12. The summed E-state index contributed by atoms with van der Waals surface area (Å²) in [5, 5.41) is 3.25. The molecular weight excluding hydrogens is 312 g/mol. The Morgan fingerprint density at radius 3 is 2.64 bits per heavy atom. The molecular formula is C20H24N4O. The predicted molar refractivity (Wildman–Crippen MR) is 98.7 cm³/mol. The molecule has 1 N–H and O–H groups in total. The van der Waals surface area contributed by atoms with E-state index in [-0.39, 0.29) is 12.1 Å². The third kappa shape index (κ3) is 3.45. The van der Waals surface area contributed by atoms with Gasteiger partial charge in [-0.25, -0.2) is 9.78 Å². The van der Waals surface area contributed by atoms with E-state index in [2.05, 4.69) is 39.5 Å². The minimum absolute atomic E-state index is 0.0578. The van der Waals surface area contributed by atoms with Gasteiger partial charge >= 0.3 is 6.03 Å². The fraction of sp³-hybridized carbons (Fsp3) is 0.400. The number of aryl methyl sites for hydroxylation is 1. The second-order valence-corrected chi connectivity index (χ2v) is 6.76. The van der Waals surface area contributed by atoms with Crippen molar-refractivity contribution in [3.8, 4) is 0 Å². The lowest BCUT2D eigenvalue weighted by atomic mass is 9.88. The van der Waals surface area contributed by atoms with Crippen LogP contribution in [0.25, 0.3) is 0 Å². The largest absolute Gasteiger partial charge is 0.353 e. The Balaban J connectivity index is 1.36. The molecule has 130 valence electrons. The number of nitrogens with one attached hydrogen (secondary N) is 1. The SMILES string of the molecule is O=C(N[C@@H]1CCCc2ccccc21)N1CCN(c2ccccn2)CC1. The van der Waals surface area contributed by atoms with Crippen molar-refractivity contribution in [2.45, 2.75) is 25.3 Å². The Morgan fingerprint density at radius 1 is 1.04 bits per heavy atom. The van der Waals surface area contributed by atoms with Crippen LogP contribution in [0.4, 0.5) is 10.6 Å². The first-order chi connectivity index (χ1) is 12.3. The molecule has 4 rings (SSSR count). The molecule has 2 aromatic rings. The van der Waals surface area contributed by atoms with Crippen LogP contribution in [0.5, 0.6) is 0 Å². The van der Waals surface area contributed by atoms with Crippen molar-refractivity contribution in [2.24, 2.45) is 0 Å². The molecule has 1 aromatic heterocycles. The van der Waals surface area contributed by atoms with Crippen LogP contribution in [0, 0.1) is 0 Å². The molecule has 25 heavy (non-hydrogen) atoms. The molecule has 0 saturated carbocycles. The average molecular weight is 336 g/mol. The highest BCUT2D eigenvalue weighted by molar-refractivity contribution is 5.75. The van der Waals surface area contributed by atoms with Gasteiger partial charge < -0.3 is 15.1 Å². The van der Waals surface area contributed by atoms with Crippen molar-refractivity contribution in [2.75, 3.05) is 31.1 Å². The zero-order valence-electron chi connectivity index (χ0n) is 14.4. The Labute approximate surface area is 148 Å². The Kier molecular flexibility index (Phi) is 4.55. The van der Waals surface area contributed by atoms with Gasteiger partial charge in [-0.2, -0.15) is 0 Å². The maximum atomic E-state index is 12.7. The van der Waals surface area contributed by atoms with E-state index in [1.165, 1.54) is 11.1 Å². The molecule has 2 amide bonds. The molecule has 2 heterocycles. The van der Waals surface area contributed by atoms with Crippen LogP contribution in [0.2, 0.25) is 0 Å². The summed E-state index contributed by atoms with van der Waals surface area (Å²) in [7, 11) is 0. The first kappa shape index (κ1) is 15.9. The number of hydrogen-bond acceptors (Lipinski definition) is 3. The number of pyridine rings is 1. The topological polar surface area (TPSA) is 48.5 Å². The molecule has 1 atom stereocenters. The lowest BCUT2D eigenvalue weighted by molar-refractivity contribution is 0.189. The fourth-order valence-electron chi connectivity index (χ4n) is 3.82. The number of hydrogen-bond donors (Lipinski definition) is 1. The third-order valence-electron chi connectivity index (χ3n) is 5.21. The van der Waals surface area contributed by atoms with Gasteiger partial charge in [0, 0.05) is 32.4 Å². The Hall–Kier alpha value is -2.56. The van der Waals surface area contributed by atoms with Crippen LogP contribution >= 0.6 is 0 Å². The van der Waals surface area contributed by atoms with Gasteiger partial charge in [0.15, 0.2) is 0 Å². The van der Waals surface area contributed by atoms with Gasteiger partial charge in [0.1, 0.15) is 5.82 Å². The summed E-state index contributed by atoms with van der Waals surface area (Å²) in [6, 6.07) is 14.6. The summed E-state index contributed by atoms with van der Waals surface area (Å²) in [5.41, 5.74) is 2.66. The van der Waals surface area contributed by atoms with E-state index in [1.807, 2.05) is 29.3 Å². The van der Waals surface area contributed by atoms with Gasteiger partial charge in [-0.05, 0) is 42.5 Å². The standard InChI is InChI=1S/C20H24N4O/c25-20(22-18-9-5-7-16-6-1-2-8-17(16)18)24-14-12-23(13-15-24)19-10-3-4-11-21-19/h1-4,6,8,10-11,18H,5,7,9,12-15H2,(H,22,25)/t18-/m1/s1. The van der Waals surface area contributed by atoms with E-state index in [0.717, 1.165) is 51.3 Å². The van der Waals surface area contributed by atoms with Gasteiger partial charge in [0.05, 0.1) is 6.04 Å². The second kappa shape index (κ2) is 7.13. The molecule has 1 aliphatic carbocycles. The molecule has 5 heteroatoms. The Bertz CT molecular complexity index is 725. The van der Waals surface area contributed by atoms with E-state index in [9.17, 15) is 4.79 Å². The molecule has 1 fully saturated rings. The van der Waals surface area contributed by atoms with Gasteiger partial charge in [-0.1, -0.05) is 30.3 Å². The number of rotatable bonds is 2. The third-order valence-corrected chi connectivity index (χ3v) is 5.21. The minimum atomic E-state index is 0.0578. The highest BCUT2D eigenvalue weighted by Crippen LogP contribution is 2.29. The number of carbonyl (C=O) groups excluding carboxylic acids is 1. The van der Waals surface area contributed by atoms with Gasteiger partial charge in [-0.15, -0.1) is 0 Å². The molecule has 5 nitrogen and oxygen atoms in total. The molecule has 0 spiro atoms. The number of amides is 2. The summed E-state index contributed by atoms with van der Waals surface area (Å²) >= 11 is 0. The van der Waals surface area contributed by atoms with Crippen LogP contribution in [0.3, 0.4) is 0 Å². The highest BCUT2D eigenvalue weighted by atomic mass is 16.2. The molecule has 2 aliphatic rings. The molecule has 0 bridgehead atoms. The molecule has 0 radical (unpaired) electrons. The summed E-state index contributed by atoms with van der Waals surface area (Å²) in [6.07, 6.45) is 5.09. The number of nitrogens with zero attached hydrogens (tertiary/aromatic N) is 3. The maximum Gasteiger partial charge on any atom is 0.318 e. The number of urea groups is 1. The van der Waals surface area contributed by atoms with Gasteiger partial charge in [-0.3, -0.25) is 0 Å².